The van der Waals surface area contributed by atoms with Gasteiger partial charge in [-0.05, 0) is 41.6 Å². The minimum atomic E-state index is 0.0925. The van der Waals surface area contributed by atoms with Gasteiger partial charge < -0.3 is 10.2 Å². The number of hydrogen-bond donors (Lipinski definition) is 1. The molecule has 1 aromatic rings. The maximum Gasteiger partial charge on any atom is 0.217 e. The van der Waals surface area contributed by atoms with Crippen LogP contribution in [0.25, 0.3) is 0 Å². The predicted octanol–water partition coefficient (Wildman–Crippen LogP) is 2.19. The molecule has 0 aromatic carbocycles. The first kappa shape index (κ1) is 13.3. The van der Waals surface area contributed by atoms with Crippen molar-refractivity contribution in [2.24, 2.45) is 5.41 Å². The lowest BCUT2D eigenvalue weighted by molar-refractivity contribution is -0.120. The number of aromatic nitrogens is 2. The Bertz CT molecular complexity index is 476. The van der Waals surface area contributed by atoms with Gasteiger partial charge in [0, 0.05) is 31.5 Å². The normalized spacial score (nSPS) is 22.3. The Morgan fingerprint density at radius 3 is 2.63 bits per heavy atom. The lowest BCUT2D eigenvalue weighted by atomic mass is 9.67. The number of carbonyl (C=O) groups excluding carboxylic acids is 1. The van der Waals surface area contributed by atoms with Crippen LogP contribution in [0.1, 0.15) is 32.6 Å². The molecule has 7 heteroatoms. The van der Waals surface area contributed by atoms with E-state index < -0.39 is 0 Å². The van der Waals surface area contributed by atoms with Crippen LogP contribution in [0.3, 0.4) is 0 Å². The SMILES string of the molecule is CC(=O)NC1CCC2(CC1)CN(c1nnc(Br)s1)C2. The summed E-state index contributed by atoms with van der Waals surface area (Å²) in [5.41, 5.74) is 0.452. The van der Waals surface area contributed by atoms with Gasteiger partial charge in [0.15, 0.2) is 3.92 Å². The molecule has 1 spiro atoms. The molecule has 1 aliphatic heterocycles. The van der Waals surface area contributed by atoms with Gasteiger partial charge in [0.05, 0.1) is 0 Å². The van der Waals surface area contributed by atoms with Gasteiger partial charge in [-0.15, -0.1) is 10.2 Å². The fraction of sp³-hybridized carbons (Fsp3) is 0.750. The maximum absolute atomic E-state index is 11.1. The fourth-order valence-electron chi connectivity index (χ4n) is 3.20. The fourth-order valence-corrected chi connectivity index (χ4v) is 4.29. The van der Waals surface area contributed by atoms with Crippen molar-refractivity contribution >= 4 is 38.3 Å². The third-order valence-electron chi connectivity index (χ3n) is 4.17. The number of nitrogens with one attached hydrogen (secondary N) is 1. The molecule has 1 amide bonds. The van der Waals surface area contributed by atoms with Crippen LogP contribution in [-0.2, 0) is 4.79 Å². The summed E-state index contributed by atoms with van der Waals surface area (Å²) < 4.78 is 0.845. The van der Waals surface area contributed by atoms with Crippen LogP contribution in [-0.4, -0.2) is 35.2 Å². The van der Waals surface area contributed by atoms with E-state index in [0.29, 0.717) is 11.5 Å². The summed E-state index contributed by atoms with van der Waals surface area (Å²) in [6, 6.07) is 0.382. The molecule has 1 aromatic heterocycles. The molecule has 0 unspecified atom stereocenters. The molecule has 104 valence electrons. The molecule has 1 N–H and O–H groups in total. The molecule has 2 heterocycles. The van der Waals surface area contributed by atoms with Gasteiger partial charge in [0.1, 0.15) is 0 Å². The second-order valence-electron chi connectivity index (χ2n) is 5.67. The van der Waals surface area contributed by atoms with Gasteiger partial charge in [-0.2, -0.15) is 0 Å². The average Bonchev–Trinajstić information content (AvgIpc) is 2.73. The molecule has 1 saturated heterocycles. The number of rotatable bonds is 2. The number of nitrogens with zero attached hydrogens (tertiary/aromatic N) is 3. The first-order valence-corrected chi connectivity index (χ1v) is 8.18. The standard InChI is InChI=1S/C12H17BrN4OS/c1-8(18)14-9-2-4-12(5-3-9)6-17(7-12)11-16-15-10(13)19-11/h9H,2-7H2,1H3,(H,14,18). The van der Waals surface area contributed by atoms with Crippen molar-refractivity contribution in [2.45, 2.75) is 38.6 Å². The average molecular weight is 345 g/mol. The summed E-state index contributed by atoms with van der Waals surface area (Å²) in [4.78, 5) is 13.4. The molecule has 0 atom stereocenters. The first-order valence-electron chi connectivity index (χ1n) is 6.57. The predicted molar refractivity (Wildman–Crippen MR) is 78.3 cm³/mol. The van der Waals surface area contributed by atoms with Crippen molar-refractivity contribution in [1.82, 2.24) is 15.5 Å². The van der Waals surface area contributed by atoms with Gasteiger partial charge >= 0.3 is 0 Å². The third-order valence-corrected chi connectivity index (χ3v) is 5.58. The molecular formula is C12H17BrN4OS. The molecule has 1 saturated carbocycles. The van der Waals surface area contributed by atoms with Crippen LogP contribution in [0.5, 0.6) is 0 Å². The summed E-state index contributed by atoms with van der Waals surface area (Å²) in [6.07, 6.45) is 4.61. The molecule has 2 fully saturated rings. The molecule has 0 bridgehead atoms. The van der Waals surface area contributed by atoms with Crippen molar-refractivity contribution < 1.29 is 4.79 Å². The van der Waals surface area contributed by atoms with Gasteiger partial charge in [-0.25, -0.2) is 0 Å². The highest BCUT2D eigenvalue weighted by atomic mass is 79.9. The number of anilines is 1. The van der Waals surface area contributed by atoms with Crippen LogP contribution >= 0.6 is 27.3 Å². The Morgan fingerprint density at radius 2 is 2.11 bits per heavy atom. The maximum atomic E-state index is 11.1. The van der Waals surface area contributed by atoms with Gasteiger partial charge in [-0.3, -0.25) is 4.79 Å². The van der Waals surface area contributed by atoms with Gasteiger partial charge in [0.2, 0.25) is 11.0 Å². The van der Waals surface area contributed by atoms with E-state index in [-0.39, 0.29) is 5.91 Å². The van der Waals surface area contributed by atoms with Crippen LogP contribution in [0.4, 0.5) is 5.13 Å². The smallest absolute Gasteiger partial charge is 0.217 e. The van der Waals surface area contributed by atoms with Crippen LogP contribution in [0, 0.1) is 5.41 Å². The molecule has 19 heavy (non-hydrogen) atoms. The highest BCUT2D eigenvalue weighted by molar-refractivity contribution is 9.11. The second-order valence-corrected chi connectivity index (χ2v) is 7.90. The Balaban J connectivity index is 1.52. The molecule has 5 nitrogen and oxygen atoms in total. The van der Waals surface area contributed by atoms with E-state index >= 15 is 0 Å². The van der Waals surface area contributed by atoms with E-state index in [0.717, 1.165) is 35.0 Å². The van der Waals surface area contributed by atoms with Crippen LogP contribution in [0.2, 0.25) is 0 Å². The highest BCUT2D eigenvalue weighted by Crippen LogP contribution is 2.46. The zero-order valence-corrected chi connectivity index (χ0v) is 13.3. The highest BCUT2D eigenvalue weighted by Gasteiger charge is 2.46. The largest absolute Gasteiger partial charge is 0.354 e. The monoisotopic (exact) mass is 344 g/mol. The number of halogens is 1. The van der Waals surface area contributed by atoms with E-state index in [2.05, 4.69) is 36.3 Å². The minimum Gasteiger partial charge on any atom is -0.354 e. The zero-order chi connectivity index (χ0) is 13.5. The third kappa shape index (κ3) is 2.76. The van der Waals surface area contributed by atoms with Gasteiger partial charge in [-0.1, -0.05) is 11.3 Å². The second kappa shape index (κ2) is 5.01. The molecular weight excluding hydrogens is 328 g/mol. The van der Waals surface area contributed by atoms with E-state index in [4.69, 9.17) is 0 Å². The lowest BCUT2D eigenvalue weighted by Crippen LogP contribution is -2.59. The first-order chi connectivity index (χ1) is 9.06. The number of amides is 1. The van der Waals surface area contributed by atoms with E-state index in [1.165, 1.54) is 12.8 Å². The van der Waals surface area contributed by atoms with Crippen molar-refractivity contribution in [3.8, 4) is 0 Å². The quantitative estimate of drug-likeness (QED) is 0.893. The van der Waals surface area contributed by atoms with E-state index in [1.807, 2.05) is 0 Å². The molecule has 3 rings (SSSR count). The van der Waals surface area contributed by atoms with Crippen molar-refractivity contribution in [3.63, 3.8) is 0 Å². The summed E-state index contributed by atoms with van der Waals surface area (Å²) in [5, 5.41) is 12.2. The number of carbonyl (C=O) groups is 1. The topological polar surface area (TPSA) is 58.1 Å². The number of hydrogen-bond acceptors (Lipinski definition) is 5. The Labute approximate surface area is 124 Å². The minimum absolute atomic E-state index is 0.0925. The summed E-state index contributed by atoms with van der Waals surface area (Å²) >= 11 is 4.94. The summed E-state index contributed by atoms with van der Waals surface area (Å²) in [7, 11) is 0. The van der Waals surface area contributed by atoms with Gasteiger partial charge in [0.25, 0.3) is 0 Å². The van der Waals surface area contributed by atoms with Crippen molar-refractivity contribution in [2.75, 3.05) is 18.0 Å². The van der Waals surface area contributed by atoms with Crippen molar-refractivity contribution in [1.29, 1.82) is 0 Å². The van der Waals surface area contributed by atoms with Crippen LogP contribution < -0.4 is 10.2 Å². The Morgan fingerprint density at radius 1 is 1.42 bits per heavy atom. The summed E-state index contributed by atoms with van der Waals surface area (Å²) in [5.74, 6) is 0.0925. The van der Waals surface area contributed by atoms with Crippen molar-refractivity contribution in [3.05, 3.63) is 3.92 Å². The molecule has 0 radical (unpaired) electrons. The Kier molecular flexibility index (Phi) is 3.51. The van der Waals surface area contributed by atoms with Crippen LogP contribution in [0.15, 0.2) is 3.92 Å². The van der Waals surface area contributed by atoms with E-state index in [1.54, 1.807) is 18.3 Å². The zero-order valence-electron chi connectivity index (χ0n) is 10.9. The lowest BCUT2D eigenvalue weighted by Gasteiger charge is -2.53. The summed E-state index contributed by atoms with van der Waals surface area (Å²) in [6.45, 7) is 3.77. The molecule has 1 aliphatic carbocycles. The van der Waals surface area contributed by atoms with E-state index in [9.17, 15) is 4.79 Å². The molecule has 2 aliphatic rings. The Hall–Kier alpha value is -0.690.